The molecule has 0 aliphatic carbocycles. The number of benzene rings is 2. The highest BCUT2D eigenvalue weighted by Gasteiger charge is 2.36. The number of furan rings is 1. The van der Waals surface area contributed by atoms with Crippen molar-refractivity contribution in [3.63, 3.8) is 0 Å². The van der Waals surface area contributed by atoms with Gasteiger partial charge in [0.05, 0.1) is 17.7 Å². The normalized spacial score (nSPS) is 14.8. The zero-order chi connectivity index (χ0) is 22.7. The molecular formula is C23H17NO7S. The van der Waals surface area contributed by atoms with Gasteiger partial charge in [0, 0.05) is 0 Å². The maximum atomic E-state index is 12.8. The largest absolute Gasteiger partial charge is 0.493 e. The second-order valence-electron chi connectivity index (χ2n) is 6.62. The highest BCUT2D eigenvalue weighted by Crippen LogP contribution is 2.37. The number of anilines is 1. The maximum absolute atomic E-state index is 12.8. The summed E-state index contributed by atoms with van der Waals surface area (Å²) in [5, 5.41) is 8.56. The Morgan fingerprint density at radius 1 is 1.09 bits per heavy atom. The minimum atomic E-state index is -1.16. The van der Waals surface area contributed by atoms with Crippen LogP contribution in [0.2, 0.25) is 0 Å². The number of aromatic carboxylic acids is 1. The van der Waals surface area contributed by atoms with Crippen LogP contribution in [0.3, 0.4) is 0 Å². The molecule has 1 saturated heterocycles. The fourth-order valence-corrected chi connectivity index (χ4v) is 3.87. The summed E-state index contributed by atoms with van der Waals surface area (Å²) >= 11 is 0.867. The van der Waals surface area contributed by atoms with Crippen LogP contribution < -0.4 is 14.4 Å². The molecule has 0 radical (unpaired) electrons. The summed E-state index contributed by atoms with van der Waals surface area (Å²) in [6, 6.07) is 16.7. The lowest BCUT2D eigenvalue weighted by Crippen LogP contribution is -2.27. The molecule has 9 heteroatoms. The van der Waals surface area contributed by atoms with Gasteiger partial charge < -0.3 is 19.0 Å². The van der Waals surface area contributed by atoms with Gasteiger partial charge in [-0.15, -0.1) is 0 Å². The summed E-state index contributed by atoms with van der Waals surface area (Å²) in [6.45, 7) is 0.0128. The Morgan fingerprint density at radius 3 is 2.56 bits per heavy atom. The summed E-state index contributed by atoms with van der Waals surface area (Å²) in [5.41, 5.74) is 1.17. The number of carboxylic acids is 1. The minimum absolute atomic E-state index is 0.0128. The first-order valence-electron chi connectivity index (χ1n) is 9.42. The molecule has 162 valence electrons. The molecule has 4 rings (SSSR count). The molecule has 1 fully saturated rings. The van der Waals surface area contributed by atoms with E-state index in [1.165, 1.54) is 19.2 Å². The zero-order valence-electron chi connectivity index (χ0n) is 16.8. The van der Waals surface area contributed by atoms with Gasteiger partial charge in [-0.2, -0.15) is 0 Å². The fourth-order valence-electron chi connectivity index (χ4n) is 3.03. The molecule has 8 nitrogen and oxygen atoms in total. The summed E-state index contributed by atoms with van der Waals surface area (Å²) in [4.78, 5) is 37.5. The van der Waals surface area contributed by atoms with E-state index in [2.05, 4.69) is 0 Å². The van der Waals surface area contributed by atoms with Gasteiger partial charge in [0.2, 0.25) is 5.76 Å². The molecule has 2 aromatic carbocycles. The predicted octanol–water partition coefficient (Wildman–Crippen LogP) is 4.81. The molecule has 1 N–H and O–H groups in total. The van der Waals surface area contributed by atoms with Crippen LogP contribution in [0.15, 0.2) is 70.0 Å². The Bertz CT molecular complexity index is 1220. The number of para-hydroxylation sites is 1. The summed E-state index contributed by atoms with van der Waals surface area (Å²) in [7, 11) is 1.48. The summed E-state index contributed by atoms with van der Waals surface area (Å²) < 4.78 is 16.2. The Hall–Kier alpha value is -3.98. The molecular weight excluding hydrogens is 434 g/mol. The van der Waals surface area contributed by atoms with Crippen molar-refractivity contribution in [3.05, 3.63) is 82.7 Å². The molecule has 3 aromatic rings. The van der Waals surface area contributed by atoms with E-state index in [0.29, 0.717) is 33.4 Å². The van der Waals surface area contributed by atoms with Crippen molar-refractivity contribution in [3.8, 4) is 11.5 Å². The third-order valence-corrected chi connectivity index (χ3v) is 5.41. The third-order valence-electron chi connectivity index (χ3n) is 4.54. The average Bonchev–Trinajstić information content (AvgIpc) is 3.38. The van der Waals surface area contributed by atoms with E-state index in [9.17, 15) is 14.4 Å². The number of methoxy groups -OCH3 is 1. The lowest BCUT2D eigenvalue weighted by atomic mass is 10.2. The van der Waals surface area contributed by atoms with E-state index < -0.39 is 11.9 Å². The van der Waals surface area contributed by atoms with Crippen molar-refractivity contribution in [2.75, 3.05) is 12.0 Å². The number of hydrogen-bond donors (Lipinski definition) is 1. The van der Waals surface area contributed by atoms with Crippen molar-refractivity contribution in [1.82, 2.24) is 0 Å². The van der Waals surface area contributed by atoms with E-state index in [1.807, 2.05) is 6.07 Å². The number of carboxylic acid groups (broad SMARTS) is 1. The SMILES string of the molecule is COc1cc(C=C2SC(=O)N(c3ccccc3)C2=O)ccc1OCc1ccc(C(=O)O)o1. The van der Waals surface area contributed by atoms with E-state index in [1.54, 1.807) is 48.5 Å². The van der Waals surface area contributed by atoms with E-state index in [-0.39, 0.29) is 17.6 Å². The fraction of sp³-hybridized carbons (Fsp3) is 0.0870. The first-order valence-corrected chi connectivity index (χ1v) is 10.2. The molecule has 0 saturated carbocycles. The molecule has 0 atom stereocenters. The van der Waals surface area contributed by atoms with Gasteiger partial charge in [-0.1, -0.05) is 24.3 Å². The second-order valence-corrected chi connectivity index (χ2v) is 7.62. The highest BCUT2D eigenvalue weighted by molar-refractivity contribution is 8.19. The van der Waals surface area contributed by atoms with Gasteiger partial charge in [-0.25, -0.2) is 9.69 Å². The summed E-state index contributed by atoms with van der Waals surface area (Å²) in [6.07, 6.45) is 1.62. The maximum Gasteiger partial charge on any atom is 0.371 e. The van der Waals surface area contributed by atoms with Gasteiger partial charge in [0.1, 0.15) is 12.4 Å². The quantitative estimate of drug-likeness (QED) is 0.510. The number of amides is 2. The Labute approximate surface area is 187 Å². The van der Waals surface area contributed by atoms with Crippen LogP contribution in [0.1, 0.15) is 21.9 Å². The van der Waals surface area contributed by atoms with Crippen LogP contribution in [0.25, 0.3) is 6.08 Å². The Kier molecular flexibility index (Phi) is 6.00. The van der Waals surface area contributed by atoms with Crippen molar-refractivity contribution < 1.29 is 33.4 Å². The van der Waals surface area contributed by atoms with Crippen LogP contribution in [-0.4, -0.2) is 29.3 Å². The first kappa shape index (κ1) is 21.3. The molecule has 1 aliphatic rings. The lowest BCUT2D eigenvalue weighted by molar-refractivity contribution is -0.113. The average molecular weight is 451 g/mol. The number of carbonyl (C=O) groups excluding carboxylic acids is 2. The molecule has 1 aromatic heterocycles. The number of thioether (sulfide) groups is 1. The first-order chi connectivity index (χ1) is 15.5. The molecule has 2 heterocycles. The van der Waals surface area contributed by atoms with Crippen molar-refractivity contribution in [2.24, 2.45) is 0 Å². The Morgan fingerprint density at radius 2 is 1.88 bits per heavy atom. The highest BCUT2D eigenvalue weighted by atomic mass is 32.2. The number of ether oxygens (including phenoxy) is 2. The van der Waals surface area contributed by atoms with Gasteiger partial charge >= 0.3 is 5.97 Å². The molecule has 2 amide bonds. The molecule has 0 unspecified atom stereocenters. The number of carbonyl (C=O) groups is 3. The minimum Gasteiger partial charge on any atom is -0.493 e. The molecule has 32 heavy (non-hydrogen) atoms. The number of imide groups is 1. The lowest BCUT2D eigenvalue weighted by Gasteiger charge is -2.12. The topological polar surface area (TPSA) is 106 Å². The molecule has 0 spiro atoms. The summed E-state index contributed by atoms with van der Waals surface area (Å²) in [5.74, 6) is -0.549. The predicted molar refractivity (Wildman–Crippen MR) is 118 cm³/mol. The van der Waals surface area contributed by atoms with E-state index >= 15 is 0 Å². The Balaban J connectivity index is 1.51. The van der Waals surface area contributed by atoms with Crippen LogP contribution in [-0.2, 0) is 11.4 Å². The molecule has 1 aliphatic heterocycles. The van der Waals surface area contributed by atoms with Gasteiger partial charge in [0.15, 0.2) is 11.5 Å². The monoisotopic (exact) mass is 451 g/mol. The molecule has 0 bridgehead atoms. The standard InChI is InChI=1S/C23H17NO7S/c1-29-19-11-14(7-9-17(19)30-13-16-8-10-18(31-16)22(26)27)12-20-21(25)24(23(28)32-20)15-5-3-2-4-6-15/h2-12H,13H2,1H3,(H,26,27). The van der Waals surface area contributed by atoms with Crippen LogP contribution in [0, 0.1) is 0 Å². The van der Waals surface area contributed by atoms with Crippen LogP contribution in [0.5, 0.6) is 11.5 Å². The second kappa shape index (κ2) is 9.03. The smallest absolute Gasteiger partial charge is 0.371 e. The van der Waals surface area contributed by atoms with Gasteiger partial charge in [-0.3, -0.25) is 9.59 Å². The zero-order valence-corrected chi connectivity index (χ0v) is 17.6. The van der Waals surface area contributed by atoms with Crippen LogP contribution in [0.4, 0.5) is 10.5 Å². The van der Waals surface area contributed by atoms with Crippen molar-refractivity contribution >= 4 is 40.6 Å². The van der Waals surface area contributed by atoms with Crippen LogP contribution >= 0.6 is 11.8 Å². The van der Waals surface area contributed by atoms with E-state index in [4.69, 9.17) is 19.0 Å². The van der Waals surface area contributed by atoms with E-state index in [0.717, 1.165) is 16.7 Å². The van der Waals surface area contributed by atoms with Gasteiger partial charge in [0.25, 0.3) is 11.1 Å². The van der Waals surface area contributed by atoms with Gasteiger partial charge in [-0.05, 0) is 59.8 Å². The van der Waals surface area contributed by atoms with Crippen molar-refractivity contribution in [1.29, 1.82) is 0 Å². The van der Waals surface area contributed by atoms with Crippen molar-refractivity contribution in [2.45, 2.75) is 6.61 Å². The number of rotatable bonds is 7. The third kappa shape index (κ3) is 4.37. The number of hydrogen-bond acceptors (Lipinski definition) is 7. The number of nitrogens with zero attached hydrogens (tertiary/aromatic N) is 1.